The zero-order chi connectivity index (χ0) is 22.9. The van der Waals surface area contributed by atoms with Crippen LogP contribution in [-0.2, 0) is 6.54 Å². The second-order valence-electron chi connectivity index (χ2n) is 7.36. The number of aromatic nitrogens is 6. The van der Waals surface area contributed by atoms with Gasteiger partial charge >= 0.3 is 0 Å². The lowest BCUT2D eigenvalue weighted by atomic mass is 10.2. The van der Waals surface area contributed by atoms with E-state index in [9.17, 15) is 0 Å². The van der Waals surface area contributed by atoms with Gasteiger partial charge in [0.25, 0.3) is 5.89 Å². The van der Waals surface area contributed by atoms with E-state index in [-0.39, 0.29) is 0 Å². The van der Waals surface area contributed by atoms with Crippen LogP contribution in [0.1, 0.15) is 17.1 Å². The first-order valence-corrected chi connectivity index (χ1v) is 11.7. The Hall–Kier alpha value is -3.43. The molecule has 0 bridgehead atoms. The lowest BCUT2D eigenvalue weighted by molar-refractivity contribution is 0.430. The molecular weight excluding hydrogens is 460 g/mol. The molecule has 0 fully saturated rings. The Balaban J connectivity index is 1.38. The first kappa shape index (κ1) is 21.4. The molecule has 0 spiro atoms. The van der Waals surface area contributed by atoms with Crippen LogP contribution >= 0.6 is 23.4 Å². The quantitative estimate of drug-likeness (QED) is 0.287. The van der Waals surface area contributed by atoms with Gasteiger partial charge in [-0.1, -0.05) is 28.0 Å². The molecule has 5 rings (SSSR count). The lowest BCUT2D eigenvalue weighted by Crippen LogP contribution is -2.05. The molecule has 5 aromatic rings. The number of hydrogen-bond acceptors (Lipinski definition) is 8. The zero-order valence-corrected chi connectivity index (χ0v) is 19.7. The van der Waals surface area contributed by atoms with Gasteiger partial charge in [-0.05, 0) is 62.6 Å². The molecule has 33 heavy (non-hydrogen) atoms. The molecule has 10 heteroatoms. The fourth-order valence-corrected chi connectivity index (χ4v) is 3.95. The minimum atomic E-state index is 0.319. The third kappa shape index (κ3) is 4.29. The number of thioether (sulfide) groups is 1. The van der Waals surface area contributed by atoms with Crippen molar-refractivity contribution in [3.63, 3.8) is 0 Å². The molecule has 0 aliphatic rings. The summed E-state index contributed by atoms with van der Waals surface area (Å²) in [6.07, 6.45) is 2.03. The van der Waals surface area contributed by atoms with Crippen molar-refractivity contribution in [2.75, 3.05) is 6.26 Å². The predicted molar refractivity (Wildman–Crippen MR) is 126 cm³/mol. The molecule has 2 aromatic carbocycles. The van der Waals surface area contributed by atoms with Crippen LogP contribution in [0.4, 0.5) is 0 Å². The number of aryl methyl sites for hydroxylation is 1. The van der Waals surface area contributed by atoms with E-state index in [1.807, 2.05) is 68.6 Å². The van der Waals surface area contributed by atoms with Crippen molar-refractivity contribution < 1.29 is 8.94 Å². The third-order valence-electron chi connectivity index (χ3n) is 5.22. The summed E-state index contributed by atoms with van der Waals surface area (Å²) >= 11 is 7.77. The highest BCUT2D eigenvalue weighted by molar-refractivity contribution is 7.98. The van der Waals surface area contributed by atoms with E-state index in [2.05, 4.69) is 25.4 Å². The molecule has 166 valence electrons. The van der Waals surface area contributed by atoms with Crippen LogP contribution in [0.3, 0.4) is 0 Å². The van der Waals surface area contributed by atoms with Crippen molar-refractivity contribution in [2.24, 2.45) is 0 Å². The molecule has 3 aromatic heterocycles. The summed E-state index contributed by atoms with van der Waals surface area (Å²) in [6, 6.07) is 15.4. The van der Waals surface area contributed by atoms with Crippen molar-refractivity contribution in [1.82, 2.24) is 30.1 Å². The Morgan fingerprint density at radius 3 is 2.58 bits per heavy atom. The number of nitrogens with zero attached hydrogens (tertiary/aromatic N) is 6. The molecule has 0 saturated heterocycles. The molecule has 8 nitrogen and oxygen atoms in total. The van der Waals surface area contributed by atoms with Crippen LogP contribution < -0.4 is 0 Å². The van der Waals surface area contributed by atoms with Crippen LogP contribution in [-0.4, -0.2) is 36.4 Å². The minimum absolute atomic E-state index is 0.319. The van der Waals surface area contributed by atoms with E-state index < -0.39 is 0 Å². The van der Waals surface area contributed by atoms with Gasteiger partial charge in [0, 0.05) is 21.0 Å². The Morgan fingerprint density at radius 1 is 1.00 bits per heavy atom. The SMILES string of the molecule is CSc1ccc(-c2noc(-c3nnn(Cc4nc(-c5cccc(Cl)c5)oc4C)c3C)n2)cc1. The van der Waals surface area contributed by atoms with Gasteiger partial charge in [0.15, 0.2) is 5.69 Å². The van der Waals surface area contributed by atoms with Crippen molar-refractivity contribution in [1.29, 1.82) is 0 Å². The molecule has 0 amide bonds. The number of oxazole rings is 1. The van der Waals surface area contributed by atoms with E-state index in [1.54, 1.807) is 16.4 Å². The van der Waals surface area contributed by atoms with E-state index >= 15 is 0 Å². The van der Waals surface area contributed by atoms with Crippen molar-refractivity contribution in [3.8, 4) is 34.4 Å². The number of benzene rings is 2. The Bertz CT molecular complexity index is 1420. The third-order valence-corrected chi connectivity index (χ3v) is 6.20. The number of hydrogen-bond donors (Lipinski definition) is 0. The van der Waals surface area contributed by atoms with Gasteiger partial charge in [-0.3, -0.25) is 0 Å². The highest BCUT2D eigenvalue weighted by atomic mass is 35.5. The maximum absolute atomic E-state index is 6.09. The number of halogens is 1. The van der Waals surface area contributed by atoms with Gasteiger partial charge in [-0.2, -0.15) is 4.98 Å². The maximum atomic E-state index is 6.09. The highest BCUT2D eigenvalue weighted by Gasteiger charge is 2.20. The monoisotopic (exact) mass is 478 g/mol. The fourth-order valence-electron chi connectivity index (χ4n) is 3.35. The molecule has 0 aliphatic heterocycles. The molecule has 3 heterocycles. The molecule has 0 atom stereocenters. The second kappa shape index (κ2) is 8.84. The number of rotatable bonds is 6. The summed E-state index contributed by atoms with van der Waals surface area (Å²) in [5, 5.41) is 13.3. The smallest absolute Gasteiger partial charge is 0.280 e. The van der Waals surface area contributed by atoms with Crippen molar-refractivity contribution in [3.05, 3.63) is 70.7 Å². The second-order valence-corrected chi connectivity index (χ2v) is 8.68. The summed E-state index contributed by atoms with van der Waals surface area (Å²) < 4.78 is 13.1. The normalized spacial score (nSPS) is 11.3. The van der Waals surface area contributed by atoms with E-state index in [0.29, 0.717) is 40.6 Å². The predicted octanol–water partition coefficient (Wildman–Crippen LogP) is 5.69. The van der Waals surface area contributed by atoms with Gasteiger partial charge in [0.2, 0.25) is 11.7 Å². The Morgan fingerprint density at radius 2 is 1.82 bits per heavy atom. The van der Waals surface area contributed by atoms with Gasteiger partial charge in [0.1, 0.15) is 11.5 Å². The van der Waals surface area contributed by atoms with Gasteiger partial charge in [-0.15, -0.1) is 16.9 Å². The van der Waals surface area contributed by atoms with E-state index in [0.717, 1.165) is 22.5 Å². The Kier molecular flexibility index (Phi) is 5.74. The first-order chi connectivity index (χ1) is 16.0. The van der Waals surface area contributed by atoms with Crippen molar-refractivity contribution in [2.45, 2.75) is 25.3 Å². The Labute approximate surface area is 199 Å². The average molecular weight is 479 g/mol. The zero-order valence-electron chi connectivity index (χ0n) is 18.1. The molecule has 0 aliphatic carbocycles. The summed E-state index contributed by atoms with van der Waals surface area (Å²) in [5.74, 6) is 2.04. The van der Waals surface area contributed by atoms with Crippen LogP contribution in [0.5, 0.6) is 0 Å². The topological polar surface area (TPSA) is 95.7 Å². The van der Waals surface area contributed by atoms with E-state index in [1.165, 1.54) is 4.90 Å². The van der Waals surface area contributed by atoms with Crippen LogP contribution in [0, 0.1) is 13.8 Å². The summed E-state index contributed by atoms with van der Waals surface area (Å²) in [5.41, 5.74) is 3.77. The standard InChI is InChI=1S/C23H19ClN6O2S/c1-13-20(23-26-21(28-32-23)15-7-9-18(33-3)10-8-15)27-29-30(13)12-19-14(2)31-22(25-19)16-5-4-6-17(24)11-16/h4-11H,12H2,1-3H3. The molecule has 0 saturated carbocycles. The van der Waals surface area contributed by atoms with Gasteiger partial charge in [0.05, 0.1) is 12.2 Å². The molecule has 0 N–H and O–H groups in total. The largest absolute Gasteiger partial charge is 0.441 e. The van der Waals surface area contributed by atoms with Gasteiger partial charge < -0.3 is 8.94 Å². The maximum Gasteiger partial charge on any atom is 0.280 e. The average Bonchev–Trinajstić information content (AvgIpc) is 3.54. The van der Waals surface area contributed by atoms with Gasteiger partial charge in [-0.25, -0.2) is 9.67 Å². The summed E-state index contributed by atoms with van der Waals surface area (Å²) in [6.45, 7) is 4.17. The first-order valence-electron chi connectivity index (χ1n) is 10.1. The van der Waals surface area contributed by atoms with Crippen LogP contribution in [0.25, 0.3) is 34.4 Å². The fraction of sp³-hybridized carbons (Fsp3) is 0.174. The lowest BCUT2D eigenvalue weighted by Gasteiger charge is -2.00. The molecule has 0 unspecified atom stereocenters. The summed E-state index contributed by atoms with van der Waals surface area (Å²) in [4.78, 5) is 10.3. The van der Waals surface area contributed by atoms with Crippen LogP contribution in [0.15, 0.2) is 62.4 Å². The molecule has 0 radical (unpaired) electrons. The molecular formula is C23H19ClN6O2S. The van der Waals surface area contributed by atoms with Crippen LogP contribution in [0.2, 0.25) is 5.02 Å². The highest BCUT2D eigenvalue weighted by Crippen LogP contribution is 2.27. The van der Waals surface area contributed by atoms with E-state index in [4.69, 9.17) is 20.5 Å². The minimum Gasteiger partial charge on any atom is -0.441 e. The van der Waals surface area contributed by atoms with Crippen molar-refractivity contribution >= 4 is 23.4 Å². The summed E-state index contributed by atoms with van der Waals surface area (Å²) in [7, 11) is 0.